The highest BCUT2D eigenvalue weighted by molar-refractivity contribution is 5.54. The Bertz CT molecular complexity index is 615. The lowest BCUT2D eigenvalue weighted by molar-refractivity contribution is -0.172. The van der Waals surface area contributed by atoms with Crippen molar-refractivity contribution in [2.24, 2.45) is 0 Å². The molecule has 0 aliphatic carbocycles. The van der Waals surface area contributed by atoms with Gasteiger partial charge in [0.05, 0.1) is 5.60 Å². The Morgan fingerprint density at radius 1 is 1.22 bits per heavy atom. The molecule has 2 rings (SSSR count). The van der Waals surface area contributed by atoms with Gasteiger partial charge in [-0.3, -0.25) is 4.90 Å². The number of benzene rings is 1. The van der Waals surface area contributed by atoms with Gasteiger partial charge < -0.3 is 9.84 Å². The first-order valence-corrected chi connectivity index (χ1v) is 7.47. The maximum absolute atomic E-state index is 9.97. The zero-order valence-electron chi connectivity index (χ0n) is 14.0. The Labute approximate surface area is 136 Å². The lowest BCUT2D eigenvalue weighted by Crippen LogP contribution is -2.36. The first-order valence-electron chi connectivity index (χ1n) is 7.47. The van der Waals surface area contributed by atoms with E-state index in [2.05, 4.69) is 20.4 Å². The third-order valence-corrected chi connectivity index (χ3v) is 3.00. The molecule has 0 aliphatic heterocycles. The fraction of sp³-hybridized carbons (Fsp3) is 0.500. The minimum Gasteiger partial charge on any atom is -0.367 e. The Hall–Kier alpha value is -1.96. The van der Waals surface area contributed by atoms with Gasteiger partial charge in [0.1, 0.15) is 0 Å². The molecule has 124 valence electrons. The first kappa shape index (κ1) is 17.4. The van der Waals surface area contributed by atoms with E-state index in [0.29, 0.717) is 18.9 Å². The lowest BCUT2D eigenvalue weighted by atomic mass is 10.1. The van der Waals surface area contributed by atoms with E-state index in [1.807, 2.05) is 57.0 Å². The lowest BCUT2D eigenvalue weighted by Gasteiger charge is -2.27. The molecule has 1 unspecified atom stereocenters. The van der Waals surface area contributed by atoms with Crippen LogP contribution in [0.2, 0.25) is 0 Å². The number of hydrogen-bond acceptors (Lipinski definition) is 7. The first-order chi connectivity index (χ1) is 10.8. The molecule has 0 spiro atoms. The fourth-order valence-electron chi connectivity index (χ4n) is 2.22. The molecule has 1 heterocycles. The van der Waals surface area contributed by atoms with E-state index in [9.17, 15) is 5.11 Å². The Morgan fingerprint density at radius 2 is 1.91 bits per heavy atom. The summed E-state index contributed by atoms with van der Waals surface area (Å²) < 4.78 is 5.52. The minimum absolute atomic E-state index is 0.370. The summed E-state index contributed by atoms with van der Waals surface area (Å²) in [4.78, 5) is 2.00. The fourth-order valence-corrected chi connectivity index (χ4v) is 2.22. The van der Waals surface area contributed by atoms with Gasteiger partial charge in [-0.25, -0.2) is 0 Å². The highest BCUT2D eigenvalue weighted by Crippen LogP contribution is 2.16. The summed E-state index contributed by atoms with van der Waals surface area (Å²) in [6.45, 7) is 6.85. The van der Waals surface area contributed by atoms with Crippen LogP contribution in [0.15, 0.2) is 30.6 Å². The second-order valence-corrected chi connectivity index (χ2v) is 6.45. The van der Waals surface area contributed by atoms with Crippen LogP contribution < -0.4 is 0 Å². The minimum atomic E-state index is -0.825. The number of aromatic nitrogens is 4. The van der Waals surface area contributed by atoms with Gasteiger partial charge in [-0.05, 0) is 39.4 Å². The molecular formula is C16H23N5O2. The van der Waals surface area contributed by atoms with Crippen molar-refractivity contribution >= 4 is 0 Å². The number of likely N-dealkylation sites (N-methyl/N-ethyl adjacent to an activating group) is 1. The van der Waals surface area contributed by atoms with E-state index >= 15 is 0 Å². The quantitative estimate of drug-likeness (QED) is 0.808. The molecule has 0 saturated carbocycles. The maximum Gasteiger partial charge on any atom is 0.203 e. The standard InChI is InChI=1S/C16H23N5O2/c1-16(2,3)23-14(22)10-21(4)9-12-6-5-7-13(8-12)15-19-17-11-18-20-15/h5-8,11,14,22H,9-10H2,1-4H3. The van der Waals surface area contributed by atoms with Crippen molar-refractivity contribution in [2.75, 3.05) is 13.6 Å². The number of aliphatic hydroxyl groups excluding tert-OH is 1. The zero-order valence-corrected chi connectivity index (χ0v) is 14.0. The van der Waals surface area contributed by atoms with E-state index in [4.69, 9.17) is 4.74 Å². The van der Waals surface area contributed by atoms with Crippen LogP contribution in [0.3, 0.4) is 0 Å². The summed E-state index contributed by atoms with van der Waals surface area (Å²) in [6, 6.07) is 7.86. The summed E-state index contributed by atoms with van der Waals surface area (Å²) in [5.41, 5.74) is 1.58. The van der Waals surface area contributed by atoms with Crippen molar-refractivity contribution in [2.45, 2.75) is 39.2 Å². The predicted octanol–water partition coefficient (Wildman–Crippen LogP) is 1.50. The molecule has 23 heavy (non-hydrogen) atoms. The van der Waals surface area contributed by atoms with E-state index in [-0.39, 0.29) is 5.60 Å². The number of hydrogen-bond donors (Lipinski definition) is 1. The summed E-state index contributed by atoms with van der Waals surface area (Å²) in [6.07, 6.45) is 0.478. The van der Waals surface area contributed by atoms with Gasteiger partial charge in [0.2, 0.25) is 5.82 Å². The number of nitrogens with zero attached hydrogens (tertiary/aromatic N) is 5. The molecule has 7 nitrogen and oxygen atoms in total. The Balaban J connectivity index is 1.98. The number of ether oxygens (including phenoxy) is 1. The number of rotatable bonds is 6. The van der Waals surface area contributed by atoms with Crippen LogP contribution in [-0.2, 0) is 11.3 Å². The summed E-state index contributed by atoms with van der Waals surface area (Å²) in [5, 5.41) is 25.4. The van der Waals surface area contributed by atoms with Crippen LogP contribution >= 0.6 is 0 Å². The molecule has 1 aromatic heterocycles. The highest BCUT2D eigenvalue weighted by Gasteiger charge is 2.18. The van der Waals surface area contributed by atoms with Crippen LogP contribution in [0.25, 0.3) is 11.4 Å². The monoisotopic (exact) mass is 317 g/mol. The van der Waals surface area contributed by atoms with Crippen LogP contribution in [-0.4, -0.2) is 55.9 Å². The normalized spacial score (nSPS) is 13.3. The molecule has 0 fully saturated rings. The van der Waals surface area contributed by atoms with Gasteiger partial charge in [0.15, 0.2) is 12.6 Å². The average Bonchev–Trinajstić information content (AvgIpc) is 2.46. The van der Waals surface area contributed by atoms with Gasteiger partial charge in [0.25, 0.3) is 0 Å². The van der Waals surface area contributed by atoms with Crippen molar-refractivity contribution in [1.82, 2.24) is 25.3 Å². The van der Waals surface area contributed by atoms with Crippen LogP contribution in [0.5, 0.6) is 0 Å². The molecule has 1 atom stereocenters. The van der Waals surface area contributed by atoms with Gasteiger partial charge in [-0.2, -0.15) is 0 Å². The predicted molar refractivity (Wildman–Crippen MR) is 86.2 cm³/mol. The second-order valence-electron chi connectivity index (χ2n) is 6.45. The molecule has 0 aliphatic rings. The molecule has 0 amide bonds. The smallest absolute Gasteiger partial charge is 0.203 e. The Morgan fingerprint density at radius 3 is 2.57 bits per heavy atom. The third-order valence-electron chi connectivity index (χ3n) is 3.00. The third kappa shape index (κ3) is 5.97. The zero-order chi connectivity index (χ0) is 16.9. The van der Waals surface area contributed by atoms with Gasteiger partial charge in [0, 0.05) is 18.7 Å². The molecule has 0 bridgehead atoms. The van der Waals surface area contributed by atoms with Crippen LogP contribution in [0, 0.1) is 0 Å². The summed E-state index contributed by atoms with van der Waals surface area (Å²) >= 11 is 0. The Kier molecular flexibility index (Phi) is 5.70. The van der Waals surface area contributed by atoms with Gasteiger partial charge >= 0.3 is 0 Å². The molecule has 7 heteroatoms. The average molecular weight is 317 g/mol. The largest absolute Gasteiger partial charge is 0.367 e. The van der Waals surface area contributed by atoms with E-state index in [0.717, 1.165) is 11.1 Å². The van der Waals surface area contributed by atoms with E-state index in [1.165, 1.54) is 6.33 Å². The highest BCUT2D eigenvalue weighted by atomic mass is 16.6. The van der Waals surface area contributed by atoms with Crippen LogP contribution in [0.1, 0.15) is 26.3 Å². The number of aliphatic hydroxyl groups is 1. The van der Waals surface area contributed by atoms with Crippen molar-refractivity contribution in [1.29, 1.82) is 0 Å². The topological polar surface area (TPSA) is 84.3 Å². The van der Waals surface area contributed by atoms with Crippen molar-refractivity contribution < 1.29 is 9.84 Å². The maximum atomic E-state index is 9.97. The SMILES string of the molecule is CN(Cc1cccc(-c2nncnn2)c1)CC(O)OC(C)(C)C. The van der Waals surface area contributed by atoms with Crippen molar-refractivity contribution in [3.05, 3.63) is 36.2 Å². The second kappa shape index (κ2) is 7.54. The summed E-state index contributed by atoms with van der Waals surface area (Å²) in [7, 11) is 1.93. The van der Waals surface area contributed by atoms with Gasteiger partial charge in [-0.1, -0.05) is 18.2 Å². The molecule has 0 saturated heterocycles. The van der Waals surface area contributed by atoms with Crippen molar-refractivity contribution in [3.63, 3.8) is 0 Å². The molecule has 1 N–H and O–H groups in total. The van der Waals surface area contributed by atoms with Crippen molar-refractivity contribution in [3.8, 4) is 11.4 Å². The van der Waals surface area contributed by atoms with E-state index in [1.54, 1.807) is 0 Å². The molecule has 0 radical (unpaired) electrons. The summed E-state index contributed by atoms with van der Waals surface area (Å²) in [5.74, 6) is 0.494. The molecule has 2 aromatic rings. The van der Waals surface area contributed by atoms with E-state index < -0.39 is 6.29 Å². The van der Waals surface area contributed by atoms with Crippen LogP contribution in [0.4, 0.5) is 0 Å². The molecule has 1 aromatic carbocycles. The van der Waals surface area contributed by atoms with Gasteiger partial charge in [-0.15, -0.1) is 20.4 Å². The molecular weight excluding hydrogens is 294 g/mol.